The van der Waals surface area contributed by atoms with Crippen molar-refractivity contribution in [3.8, 4) is 0 Å². The number of rotatable bonds is 0. The van der Waals surface area contributed by atoms with E-state index < -0.39 is 0 Å². The van der Waals surface area contributed by atoms with E-state index in [0.29, 0.717) is 0 Å². The SMILES string of the molecule is CC.CC1Nc2ccccc2NC1=O.[HH].[HH]. The van der Waals surface area contributed by atoms with Crippen molar-refractivity contribution >= 4 is 17.3 Å². The molecule has 0 aromatic heterocycles. The lowest BCUT2D eigenvalue weighted by molar-refractivity contribution is -0.116. The Labute approximate surface area is 87.5 Å². The van der Waals surface area contributed by atoms with Crippen molar-refractivity contribution in [3.05, 3.63) is 24.3 Å². The molecule has 0 fully saturated rings. The van der Waals surface area contributed by atoms with Crippen molar-refractivity contribution in [2.75, 3.05) is 10.6 Å². The second kappa shape index (κ2) is 4.65. The van der Waals surface area contributed by atoms with Gasteiger partial charge in [0.25, 0.3) is 0 Å². The third-order valence-electron chi connectivity index (χ3n) is 1.95. The first-order valence-electron chi connectivity index (χ1n) is 4.94. The Morgan fingerprint density at radius 3 is 2.43 bits per heavy atom. The van der Waals surface area contributed by atoms with Crippen LogP contribution in [0.1, 0.15) is 23.6 Å². The van der Waals surface area contributed by atoms with Gasteiger partial charge in [-0.2, -0.15) is 0 Å². The molecule has 1 amide bonds. The first-order valence-corrected chi connectivity index (χ1v) is 4.94. The number of fused-ring (bicyclic) bond motifs is 1. The first-order chi connectivity index (χ1) is 6.77. The van der Waals surface area contributed by atoms with Gasteiger partial charge in [0.05, 0.1) is 11.4 Å². The fraction of sp³-hybridized carbons (Fsp3) is 0.364. The van der Waals surface area contributed by atoms with Gasteiger partial charge in [0.1, 0.15) is 6.04 Å². The number of benzene rings is 1. The van der Waals surface area contributed by atoms with Crippen LogP contribution in [0, 0.1) is 0 Å². The molecule has 1 atom stereocenters. The number of hydrogen-bond acceptors (Lipinski definition) is 2. The molecule has 80 valence electrons. The molecule has 0 saturated heterocycles. The second-order valence-electron chi connectivity index (χ2n) is 2.90. The van der Waals surface area contributed by atoms with E-state index in [2.05, 4.69) is 10.6 Å². The molecule has 1 unspecified atom stereocenters. The van der Waals surface area contributed by atoms with E-state index in [4.69, 9.17) is 0 Å². The third-order valence-corrected chi connectivity index (χ3v) is 1.95. The summed E-state index contributed by atoms with van der Waals surface area (Å²) in [5, 5.41) is 5.91. The fourth-order valence-electron chi connectivity index (χ4n) is 1.26. The summed E-state index contributed by atoms with van der Waals surface area (Å²) in [5.41, 5.74) is 1.85. The Kier molecular flexibility index (Phi) is 3.51. The smallest absolute Gasteiger partial charge is 0.246 e. The van der Waals surface area contributed by atoms with E-state index in [1.165, 1.54) is 0 Å². The molecule has 1 aliphatic rings. The summed E-state index contributed by atoms with van der Waals surface area (Å²) in [5.74, 6) is 0.0219. The maximum Gasteiger partial charge on any atom is 0.246 e. The summed E-state index contributed by atoms with van der Waals surface area (Å²) in [7, 11) is 0. The monoisotopic (exact) mass is 196 g/mol. The molecule has 3 heteroatoms. The van der Waals surface area contributed by atoms with E-state index in [9.17, 15) is 4.79 Å². The molecule has 3 nitrogen and oxygen atoms in total. The predicted molar refractivity (Wildman–Crippen MR) is 63.7 cm³/mol. The lowest BCUT2D eigenvalue weighted by Gasteiger charge is -2.23. The van der Waals surface area contributed by atoms with Crippen molar-refractivity contribution in [2.45, 2.75) is 26.8 Å². The van der Waals surface area contributed by atoms with Gasteiger partial charge in [-0.05, 0) is 19.1 Å². The zero-order valence-electron chi connectivity index (χ0n) is 8.79. The van der Waals surface area contributed by atoms with Crippen molar-refractivity contribution in [3.63, 3.8) is 0 Å². The standard InChI is InChI=1S/C9H10N2O.C2H6.2H2/c1-6-9(12)11-8-5-3-2-4-7(8)10-6;1-2;;/h2-6,10H,1H3,(H,11,12);1-2H3;2*1H. The Morgan fingerprint density at radius 1 is 1.21 bits per heavy atom. The molecule has 1 aromatic carbocycles. The van der Waals surface area contributed by atoms with Gasteiger partial charge in [0, 0.05) is 2.85 Å². The summed E-state index contributed by atoms with van der Waals surface area (Å²) in [6.45, 7) is 5.84. The van der Waals surface area contributed by atoms with Crippen LogP contribution in [0.25, 0.3) is 0 Å². The van der Waals surface area contributed by atoms with Crippen LogP contribution in [0.15, 0.2) is 24.3 Å². The van der Waals surface area contributed by atoms with Gasteiger partial charge in [-0.15, -0.1) is 0 Å². The van der Waals surface area contributed by atoms with Crippen molar-refractivity contribution in [1.29, 1.82) is 0 Å². The number of anilines is 2. The number of carbonyl (C=O) groups excluding carboxylic acids is 1. The lowest BCUT2D eigenvalue weighted by Crippen LogP contribution is -2.36. The molecule has 0 spiro atoms. The van der Waals surface area contributed by atoms with Gasteiger partial charge in [-0.1, -0.05) is 26.0 Å². The number of nitrogens with one attached hydrogen (secondary N) is 2. The summed E-state index contributed by atoms with van der Waals surface area (Å²) in [6.07, 6.45) is 0. The molecule has 2 N–H and O–H groups in total. The summed E-state index contributed by atoms with van der Waals surface area (Å²) >= 11 is 0. The number of hydrogen-bond donors (Lipinski definition) is 2. The van der Waals surface area contributed by atoms with Crippen LogP contribution < -0.4 is 10.6 Å². The van der Waals surface area contributed by atoms with Crippen molar-refractivity contribution < 1.29 is 7.65 Å². The first kappa shape index (κ1) is 10.6. The van der Waals surface area contributed by atoms with E-state index >= 15 is 0 Å². The molecule has 14 heavy (non-hydrogen) atoms. The van der Waals surface area contributed by atoms with E-state index in [1.807, 2.05) is 45.0 Å². The van der Waals surface area contributed by atoms with Crippen molar-refractivity contribution in [1.82, 2.24) is 0 Å². The van der Waals surface area contributed by atoms with Crippen LogP contribution >= 0.6 is 0 Å². The number of para-hydroxylation sites is 2. The average Bonchev–Trinajstić information content (AvgIpc) is 2.23. The minimum atomic E-state index is -0.139. The van der Waals surface area contributed by atoms with Gasteiger partial charge >= 0.3 is 0 Å². The van der Waals surface area contributed by atoms with Gasteiger partial charge in [-0.25, -0.2) is 0 Å². The molecule has 0 radical (unpaired) electrons. The van der Waals surface area contributed by atoms with Crippen LogP contribution in [0.5, 0.6) is 0 Å². The molecule has 2 rings (SSSR count). The van der Waals surface area contributed by atoms with Crippen LogP contribution in [0.4, 0.5) is 11.4 Å². The van der Waals surface area contributed by atoms with Crippen LogP contribution in [0.2, 0.25) is 0 Å². The summed E-state index contributed by atoms with van der Waals surface area (Å²) in [6, 6.07) is 7.53. The minimum absolute atomic E-state index is 0. The topological polar surface area (TPSA) is 41.1 Å². The molecule has 0 saturated carbocycles. The maximum atomic E-state index is 11.2. The molecule has 0 bridgehead atoms. The van der Waals surface area contributed by atoms with Gasteiger partial charge in [0.15, 0.2) is 0 Å². The highest BCUT2D eigenvalue weighted by Crippen LogP contribution is 2.25. The van der Waals surface area contributed by atoms with E-state index in [1.54, 1.807) is 0 Å². The van der Waals surface area contributed by atoms with E-state index in [0.717, 1.165) is 11.4 Å². The van der Waals surface area contributed by atoms with Gasteiger partial charge < -0.3 is 10.6 Å². The largest absolute Gasteiger partial charge is 0.372 e. The predicted octanol–water partition coefficient (Wildman–Crippen LogP) is 2.96. The molecule has 1 heterocycles. The Bertz CT molecular complexity index is 332. The minimum Gasteiger partial charge on any atom is -0.372 e. The number of carbonyl (C=O) groups is 1. The molecule has 1 aliphatic heterocycles. The highest BCUT2D eigenvalue weighted by atomic mass is 16.2. The summed E-state index contributed by atoms with van der Waals surface area (Å²) < 4.78 is 0. The summed E-state index contributed by atoms with van der Waals surface area (Å²) in [4.78, 5) is 11.2. The molecular weight excluding hydrogens is 176 g/mol. The lowest BCUT2D eigenvalue weighted by atomic mass is 10.1. The highest BCUT2D eigenvalue weighted by molar-refractivity contribution is 6.02. The van der Waals surface area contributed by atoms with Crippen LogP contribution in [0.3, 0.4) is 0 Å². The zero-order chi connectivity index (χ0) is 10.6. The number of amides is 1. The Morgan fingerprint density at radius 2 is 1.79 bits per heavy atom. The van der Waals surface area contributed by atoms with Gasteiger partial charge in [-0.3, -0.25) is 4.79 Å². The zero-order valence-corrected chi connectivity index (χ0v) is 8.79. The fourth-order valence-corrected chi connectivity index (χ4v) is 1.26. The van der Waals surface area contributed by atoms with Crippen LogP contribution in [-0.2, 0) is 4.79 Å². The Balaban J connectivity index is 0. The van der Waals surface area contributed by atoms with E-state index in [-0.39, 0.29) is 14.8 Å². The van der Waals surface area contributed by atoms with Gasteiger partial charge in [0.2, 0.25) is 5.91 Å². The highest BCUT2D eigenvalue weighted by Gasteiger charge is 2.19. The third kappa shape index (κ3) is 2.05. The van der Waals surface area contributed by atoms with Crippen LogP contribution in [-0.4, -0.2) is 11.9 Å². The normalized spacial score (nSPS) is 18.2. The van der Waals surface area contributed by atoms with Crippen molar-refractivity contribution in [2.24, 2.45) is 0 Å². The Hall–Kier alpha value is -1.51. The second-order valence-corrected chi connectivity index (χ2v) is 2.90. The molecule has 0 aliphatic carbocycles. The molecule has 1 aromatic rings. The average molecular weight is 196 g/mol. The quantitative estimate of drug-likeness (QED) is 0.669. The maximum absolute atomic E-state index is 11.2. The molecular formula is C11H20N2O.